The van der Waals surface area contributed by atoms with E-state index in [1.54, 1.807) is 0 Å². The van der Waals surface area contributed by atoms with Crippen molar-refractivity contribution in [1.29, 1.82) is 0 Å². The van der Waals surface area contributed by atoms with Gasteiger partial charge in [-0.05, 0) is 87.8 Å². The molecule has 0 radical (unpaired) electrons. The Morgan fingerprint density at radius 3 is 1.67 bits per heavy atom. The Hall–Kier alpha value is -7.16. The van der Waals surface area contributed by atoms with Crippen LogP contribution in [0.1, 0.15) is 0 Å². The minimum absolute atomic E-state index is 1.09. The SMILES string of the molecule is c1ccc(-c2cccc(N(c3cccc(-c4cc5ccccc5c5c4c4ccccc4n5-c4ccccc4)c3)c3ccccc3-c3ccccc3)c2)cc1. The van der Waals surface area contributed by atoms with Crippen LogP contribution in [0.25, 0.3) is 71.6 Å². The second-order valence-electron chi connectivity index (χ2n) is 13.7. The summed E-state index contributed by atoms with van der Waals surface area (Å²) in [6, 6.07) is 78.9. The molecule has 0 N–H and O–H groups in total. The van der Waals surface area contributed by atoms with E-state index >= 15 is 0 Å². The zero-order valence-electron chi connectivity index (χ0n) is 29.7. The molecule has 0 amide bonds. The van der Waals surface area contributed by atoms with Gasteiger partial charge in [0.1, 0.15) is 0 Å². The Labute approximate surface area is 315 Å². The first-order chi connectivity index (χ1) is 26.8. The summed E-state index contributed by atoms with van der Waals surface area (Å²) in [6.07, 6.45) is 0. The average molecular weight is 689 g/mol. The Balaban J connectivity index is 1.24. The zero-order valence-corrected chi connectivity index (χ0v) is 29.7. The number of para-hydroxylation sites is 3. The van der Waals surface area contributed by atoms with Crippen LogP contribution < -0.4 is 4.90 Å². The number of benzene rings is 9. The van der Waals surface area contributed by atoms with Crippen LogP contribution in [0.2, 0.25) is 0 Å². The van der Waals surface area contributed by atoms with Crippen molar-refractivity contribution in [2.75, 3.05) is 4.90 Å². The minimum atomic E-state index is 1.09. The van der Waals surface area contributed by atoms with Crippen molar-refractivity contribution in [3.8, 4) is 39.1 Å². The highest BCUT2D eigenvalue weighted by molar-refractivity contribution is 6.24. The molecule has 54 heavy (non-hydrogen) atoms. The lowest BCUT2D eigenvalue weighted by atomic mass is 9.94. The molecule has 2 nitrogen and oxygen atoms in total. The first kappa shape index (κ1) is 31.6. The second-order valence-corrected chi connectivity index (χ2v) is 13.7. The monoisotopic (exact) mass is 688 g/mol. The van der Waals surface area contributed by atoms with Crippen molar-refractivity contribution in [2.45, 2.75) is 0 Å². The zero-order chi connectivity index (χ0) is 35.8. The molecule has 1 heterocycles. The van der Waals surface area contributed by atoms with E-state index in [1.165, 1.54) is 66.0 Å². The fourth-order valence-corrected chi connectivity index (χ4v) is 8.13. The molecule has 0 spiro atoms. The maximum absolute atomic E-state index is 2.44. The molecule has 0 aliphatic carbocycles. The average Bonchev–Trinajstić information content (AvgIpc) is 3.61. The summed E-state index contributed by atoms with van der Waals surface area (Å²) in [5, 5.41) is 4.95. The first-order valence-electron chi connectivity index (χ1n) is 18.5. The maximum atomic E-state index is 2.44. The van der Waals surface area contributed by atoms with Gasteiger partial charge in [0.25, 0.3) is 0 Å². The first-order valence-corrected chi connectivity index (χ1v) is 18.5. The lowest BCUT2D eigenvalue weighted by Crippen LogP contribution is -2.11. The standard InChI is InChI=1S/C52H36N2/c1-4-18-37(19-5-1)39-23-16-27-43(34-39)53(49-32-14-12-29-45(49)38-20-6-2-7-21-38)44-28-17-24-40(35-44)48-36-41-22-10-11-30-46(41)52-51(48)47-31-13-15-33-50(47)54(52)42-25-8-3-9-26-42/h1-36H. The van der Waals surface area contributed by atoms with Crippen molar-refractivity contribution >= 4 is 49.6 Å². The van der Waals surface area contributed by atoms with Crippen LogP contribution in [0.4, 0.5) is 17.1 Å². The minimum Gasteiger partial charge on any atom is -0.310 e. The predicted molar refractivity (Wildman–Crippen MR) is 229 cm³/mol. The van der Waals surface area contributed by atoms with E-state index in [0.717, 1.165) is 22.7 Å². The number of fused-ring (bicyclic) bond motifs is 5. The number of hydrogen-bond acceptors (Lipinski definition) is 1. The molecule has 0 aliphatic rings. The third-order valence-electron chi connectivity index (χ3n) is 10.5. The molecule has 0 atom stereocenters. The van der Waals surface area contributed by atoms with Crippen molar-refractivity contribution in [3.05, 3.63) is 218 Å². The molecule has 0 saturated heterocycles. The van der Waals surface area contributed by atoms with Gasteiger partial charge in [-0.15, -0.1) is 0 Å². The highest BCUT2D eigenvalue weighted by Crippen LogP contribution is 2.46. The van der Waals surface area contributed by atoms with Gasteiger partial charge in [0.05, 0.1) is 16.7 Å². The molecule has 10 rings (SSSR count). The molecule has 10 aromatic rings. The molecular formula is C52H36N2. The smallest absolute Gasteiger partial charge is 0.0625 e. The van der Waals surface area contributed by atoms with Gasteiger partial charge in [-0.3, -0.25) is 0 Å². The van der Waals surface area contributed by atoms with E-state index in [4.69, 9.17) is 0 Å². The Kier molecular flexibility index (Phi) is 7.85. The molecule has 2 heteroatoms. The van der Waals surface area contributed by atoms with Gasteiger partial charge < -0.3 is 9.47 Å². The van der Waals surface area contributed by atoms with Gasteiger partial charge in [0.15, 0.2) is 0 Å². The van der Waals surface area contributed by atoms with Crippen molar-refractivity contribution < 1.29 is 0 Å². The van der Waals surface area contributed by atoms with E-state index in [0.29, 0.717) is 0 Å². The van der Waals surface area contributed by atoms with Gasteiger partial charge in [-0.25, -0.2) is 0 Å². The molecule has 254 valence electrons. The summed E-state index contributed by atoms with van der Waals surface area (Å²) in [5.41, 5.74) is 14.0. The second kappa shape index (κ2) is 13.4. The van der Waals surface area contributed by atoms with E-state index < -0.39 is 0 Å². The lowest BCUT2D eigenvalue weighted by molar-refractivity contribution is 1.19. The van der Waals surface area contributed by atoms with E-state index in [9.17, 15) is 0 Å². The molecule has 0 bridgehead atoms. The summed E-state index contributed by atoms with van der Waals surface area (Å²) in [7, 11) is 0. The van der Waals surface area contributed by atoms with E-state index in [2.05, 4.69) is 228 Å². The van der Waals surface area contributed by atoms with Crippen molar-refractivity contribution in [2.24, 2.45) is 0 Å². The summed E-state index contributed by atoms with van der Waals surface area (Å²) in [4.78, 5) is 2.42. The van der Waals surface area contributed by atoms with E-state index in [1.807, 2.05) is 0 Å². The van der Waals surface area contributed by atoms with Crippen LogP contribution in [0, 0.1) is 0 Å². The third kappa shape index (κ3) is 5.44. The Bertz CT molecular complexity index is 2930. The molecule has 9 aromatic carbocycles. The predicted octanol–water partition coefficient (Wildman–Crippen LogP) is 14.4. The van der Waals surface area contributed by atoms with Gasteiger partial charge in [0.2, 0.25) is 0 Å². The number of hydrogen-bond donors (Lipinski definition) is 0. The topological polar surface area (TPSA) is 8.17 Å². The van der Waals surface area contributed by atoms with Gasteiger partial charge >= 0.3 is 0 Å². The quantitative estimate of drug-likeness (QED) is 0.162. The van der Waals surface area contributed by atoms with Gasteiger partial charge in [-0.1, -0.05) is 164 Å². The van der Waals surface area contributed by atoms with Crippen LogP contribution in [-0.4, -0.2) is 4.57 Å². The van der Waals surface area contributed by atoms with Crippen LogP contribution >= 0.6 is 0 Å². The maximum Gasteiger partial charge on any atom is 0.0625 e. The summed E-state index contributed by atoms with van der Waals surface area (Å²) in [5.74, 6) is 0. The number of nitrogens with zero attached hydrogens (tertiary/aromatic N) is 2. The number of aromatic nitrogens is 1. The Morgan fingerprint density at radius 2 is 0.907 bits per heavy atom. The van der Waals surface area contributed by atoms with Gasteiger partial charge in [0, 0.05) is 38.8 Å². The van der Waals surface area contributed by atoms with Gasteiger partial charge in [-0.2, -0.15) is 0 Å². The van der Waals surface area contributed by atoms with Crippen molar-refractivity contribution in [3.63, 3.8) is 0 Å². The molecule has 1 aromatic heterocycles. The molecular weight excluding hydrogens is 653 g/mol. The molecule has 0 saturated carbocycles. The highest BCUT2D eigenvalue weighted by atomic mass is 15.1. The fraction of sp³-hybridized carbons (Fsp3) is 0. The molecule has 0 fully saturated rings. The van der Waals surface area contributed by atoms with Crippen LogP contribution in [0.15, 0.2) is 218 Å². The highest BCUT2D eigenvalue weighted by Gasteiger charge is 2.22. The van der Waals surface area contributed by atoms with Crippen molar-refractivity contribution in [1.82, 2.24) is 4.57 Å². The Morgan fingerprint density at radius 1 is 0.352 bits per heavy atom. The summed E-state index contributed by atoms with van der Waals surface area (Å²) < 4.78 is 2.44. The van der Waals surface area contributed by atoms with Crippen LogP contribution in [-0.2, 0) is 0 Å². The number of rotatable bonds is 7. The lowest BCUT2D eigenvalue weighted by Gasteiger charge is -2.29. The van der Waals surface area contributed by atoms with Crippen LogP contribution in [0.5, 0.6) is 0 Å². The largest absolute Gasteiger partial charge is 0.310 e. The summed E-state index contributed by atoms with van der Waals surface area (Å²) >= 11 is 0. The number of anilines is 3. The summed E-state index contributed by atoms with van der Waals surface area (Å²) in [6.45, 7) is 0. The molecule has 0 aliphatic heterocycles. The third-order valence-corrected chi connectivity index (χ3v) is 10.5. The van der Waals surface area contributed by atoms with Crippen LogP contribution in [0.3, 0.4) is 0 Å². The molecule has 0 unspecified atom stereocenters. The van der Waals surface area contributed by atoms with E-state index in [-0.39, 0.29) is 0 Å². The normalized spacial score (nSPS) is 11.3. The fourth-order valence-electron chi connectivity index (χ4n) is 8.13.